The molecule has 0 aliphatic carbocycles. The third-order valence-electron chi connectivity index (χ3n) is 4.85. The molecule has 1 fully saturated rings. The van der Waals surface area contributed by atoms with E-state index in [1.54, 1.807) is 12.4 Å². The fourth-order valence-corrected chi connectivity index (χ4v) is 3.35. The summed E-state index contributed by atoms with van der Waals surface area (Å²) in [5.74, 6) is -0.376. The van der Waals surface area contributed by atoms with Crippen LogP contribution in [0.1, 0.15) is 11.3 Å². The third kappa shape index (κ3) is 3.17. The van der Waals surface area contributed by atoms with E-state index < -0.39 is 0 Å². The largest absolute Gasteiger partial charge is 0.396 e. The van der Waals surface area contributed by atoms with Crippen molar-refractivity contribution in [1.29, 1.82) is 0 Å². The van der Waals surface area contributed by atoms with Crippen LogP contribution in [0.25, 0.3) is 11.0 Å². The first-order valence-electron chi connectivity index (χ1n) is 8.68. The van der Waals surface area contributed by atoms with Crippen molar-refractivity contribution < 1.29 is 4.39 Å². The molecule has 0 saturated carbocycles. The molecule has 1 aliphatic rings. The molecule has 7 heteroatoms. The number of hydrogen-bond donors (Lipinski definition) is 1. The number of piperazine rings is 1. The summed E-state index contributed by atoms with van der Waals surface area (Å²) in [5.41, 5.74) is 10.4. The fraction of sp³-hybridized carbons (Fsp3) is 0.316. The lowest BCUT2D eigenvalue weighted by Crippen LogP contribution is -2.44. The SMILES string of the molecule is CN1CCN(c2ccnc(Cc3cc(F)c4nccnc4c3)c2N)CC1. The van der Waals surface area contributed by atoms with Gasteiger partial charge in [-0.2, -0.15) is 0 Å². The third-order valence-corrected chi connectivity index (χ3v) is 4.85. The van der Waals surface area contributed by atoms with Crippen molar-refractivity contribution in [3.05, 3.63) is 53.9 Å². The lowest BCUT2D eigenvalue weighted by atomic mass is 10.1. The molecular formula is C19H21FN6. The summed E-state index contributed by atoms with van der Waals surface area (Å²) in [7, 11) is 2.12. The predicted octanol–water partition coefficient (Wildman–Crippen LogP) is 2.09. The number of halogens is 1. The number of pyridine rings is 1. The minimum atomic E-state index is -0.376. The van der Waals surface area contributed by atoms with Crippen molar-refractivity contribution >= 4 is 22.4 Å². The van der Waals surface area contributed by atoms with Gasteiger partial charge in [-0.3, -0.25) is 9.97 Å². The number of nitrogens with zero attached hydrogens (tertiary/aromatic N) is 5. The monoisotopic (exact) mass is 352 g/mol. The Labute approximate surface area is 151 Å². The Bertz CT molecular complexity index is 936. The number of fused-ring (bicyclic) bond motifs is 1. The summed E-state index contributed by atoms with van der Waals surface area (Å²) >= 11 is 0. The number of hydrogen-bond acceptors (Lipinski definition) is 6. The summed E-state index contributed by atoms with van der Waals surface area (Å²) < 4.78 is 14.3. The molecule has 4 rings (SSSR count). The highest BCUT2D eigenvalue weighted by molar-refractivity contribution is 5.76. The molecule has 3 aromatic rings. The first kappa shape index (κ1) is 16.7. The molecule has 0 radical (unpaired) electrons. The molecule has 1 saturated heterocycles. The highest BCUT2D eigenvalue weighted by Gasteiger charge is 2.18. The summed E-state index contributed by atoms with van der Waals surface area (Å²) in [6.45, 7) is 3.88. The van der Waals surface area contributed by atoms with Gasteiger partial charge in [0.2, 0.25) is 0 Å². The van der Waals surface area contributed by atoms with Crippen molar-refractivity contribution in [3.8, 4) is 0 Å². The number of aromatic nitrogens is 3. The minimum Gasteiger partial charge on any atom is -0.396 e. The van der Waals surface area contributed by atoms with Gasteiger partial charge in [0, 0.05) is 51.2 Å². The van der Waals surface area contributed by atoms with Crippen LogP contribution < -0.4 is 10.6 Å². The topological polar surface area (TPSA) is 71.2 Å². The Hall–Kier alpha value is -2.80. The van der Waals surface area contributed by atoms with Crippen LogP contribution in [0.4, 0.5) is 15.8 Å². The number of likely N-dealkylation sites (N-methyl/N-ethyl adjacent to an activating group) is 1. The highest BCUT2D eigenvalue weighted by Crippen LogP contribution is 2.28. The summed E-state index contributed by atoms with van der Waals surface area (Å²) in [6, 6.07) is 5.28. The first-order chi connectivity index (χ1) is 12.6. The zero-order chi connectivity index (χ0) is 18.1. The second kappa shape index (κ2) is 6.84. The van der Waals surface area contributed by atoms with Crippen molar-refractivity contribution in [2.45, 2.75) is 6.42 Å². The molecule has 2 aromatic heterocycles. The highest BCUT2D eigenvalue weighted by atomic mass is 19.1. The molecule has 0 spiro atoms. The van der Waals surface area contributed by atoms with Crippen LogP contribution in [0, 0.1) is 5.82 Å². The van der Waals surface area contributed by atoms with Crippen LogP contribution in [0.5, 0.6) is 0 Å². The van der Waals surface area contributed by atoms with E-state index in [1.807, 2.05) is 12.1 Å². The van der Waals surface area contributed by atoms with E-state index >= 15 is 0 Å². The Morgan fingerprint density at radius 3 is 2.62 bits per heavy atom. The van der Waals surface area contributed by atoms with Gasteiger partial charge in [-0.25, -0.2) is 9.37 Å². The molecule has 0 bridgehead atoms. The van der Waals surface area contributed by atoms with E-state index in [4.69, 9.17) is 5.73 Å². The summed E-state index contributed by atoms with van der Waals surface area (Å²) in [6.07, 6.45) is 5.28. The molecule has 2 N–H and O–H groups in total. The normalized spacial score (nSPS) is 15.5. The average Bonchev–Trinajstić information content (AvgIpc) is 2.64. The van der Waals surface area contributed by atoms with Crippen molar-refractivity contribution in [1.82, 2.24) is 19.9 Å². The van der Waals surface area contributed by atoms with Crippen molar-refractivity contribution in [2.24, 2.45) is 0 Å². The Kier molecular flexibility index (Phi) is 4.38. The van der Waals surface area contributed by atoms with Crippen LogP contribution in [0.2, 0.25) is 0 Å². The van der Waals surface area contributed by atoms with Gasteiger partial charge in [0.25, 0.3) is 0 Å². The quantitative estimate of drug-likeness (QED) is 0.778. The van der Waals surface area contributed by atoms with Crippen LogP contribution in [0.3, 0.4) is 0 Å². The van der Waals surface area contributed by atoms with Gasteiger partial charge in [0.05, 0.1) is 22.6 Å². The fourth-order valence-electron chi connectivity index (χ4n) is 3.35. The lowest BCUT2D eigenvalue weighted by molar-refractivity contribution is 0.313. The average molecular weight is 352 g/mol. The van der Waals surface area contributed by atoms with E-state index in [0.29, 0.717) is 17.6 Å². The lowest BCUT2D eigenvalue weighted by Gasteiger charge is -2.34. The van der Waals surface area contributed by atoms with Crippen molar-refractivity contribution in [2.75, 3.05) is 43.9 Å². The molecule has 0 atom stereocenters. The van der Waals surface area contributed by atoms with E-state index in [0.717, 1.165) is 43.1 Å². The maximum atomic E-state index is 14.3. The van der Waals surface area contributed by atoms with Crippen LogP contribution in [-0.4, -0.2) is 53.1 Å². The van der Waals surface area contributed by atoms with Crippen LogP contribution in [0.15, 0.2) is 36.8 Å². The second-order valence-electron chi connectivity index (χ2n) is 6.66. The maximum Gasteiger partial charge on any atom is 0.151 e. The Morgan fingerprint density at radius 1 is 1.04 bits per heavy atom. The second-order valence-corrected chi connectivity index (χ2v) is 6.66. The van der Waals surface area contributed by atoms with Gasteiger partial charge in [-0.1, -0.05) is 0 Å². The van der Waals surface area contributed by atoms with Crippen molar-refractivity contribution in [3.63, 3.8) is 0 Å². The van der Waals surface area contributed by atoms with Crippen LogP contribution >= 0.6 is 0 Å². The Morgan fingerprint density at radius 2 is 1.81 bits per heavy atom. The number of benzene rings is 1. The minimum absolute atomic E-state index is 0.281. The van der Waals surface area contributed by atoms with Gasteiger partial charge in [-0.05, 0) is 30.8 Å². The molecule has 1 aromatic carbocycles. The van der Waals surface area contributed by atoms with Crippen LogP contribution in [-0.2, 0) is 6.42 Å². The molecule has 6 nitrogen and oxygen atoms in total. The van der Waals surface area contributed by atoms with E-state index in [2.05, 4.69) is 31.8 Å². The molecule has 134 valence electrons. The molecule has 1 aliphatic heterocycles. The molecular weight excluding hydrogens is 331 g/mol. The Balaban J connectivity index is 1.64. The van der Waals surface area contributed by atoms with E-state index in [9.17, 15) is 4.39 Å². The first-order valence-corrected chi connectivity index (χ1v) is 8.68. The molecule has 0 amide bonds. The van der Waals surface area contributed by atoms with Gasteiger partial charge in [0.1, 0.15) is 5.52 Å². The molecule has 3 heterocycles. The van der Waals surface area contributed by atoms with Gasteiger partial charge >= 0.3 is 0 Å². The zero-order valence-electron chi connectivity index (χ0n) is 14.7. The number of nitrogens with two attached hydrogens (primary N) is 1. The van der Waals surface area contributed by atoms with E-state index in [1.165, 1.54) is 12.3 Å². The van der Waals surface area contributed by atoms with Gasteiger partial charge in [-0.15, -0.1) is 0 Å². The number of nitrogen functional groups attached to an aromatic ring is 1. The smallest absolute Gasteiger partial charge is 0.151 e. The van der Waals surface area contributed by atoms with E-state index in [-0.39, 0.29) is 11.3 Å². The van der Waals surface area contributed by atoms with Gasteiger partial charge < -0.3 is 15.5 Å². The molecule has 26 heavy (non-hydrogen) atoms. The predicted molar refractivity (Wildman–Crippen MR) is 101 cm³/mol. The summed E-state index contributed by atoms with van der Waals surface area (Å²) in [4.78, 5) is 17.3. The number of rotatable bonds is 3. The van der Waals surface area contributed by atoms with Gasteiger partial charge in [0.15, 0.2) is 5.82 Å². The standard InChI is InChI=1S/C19H21FN6/c1-25-6-8-26(9-7-25)17-2-3-22-15(18(17)21)11-13-10-14(20)19-16(12-13)23-4-5-24-19/h2-5,10,12H,6-9,11,21H2,1H3. The number of anilines is 2. The zero-order valence-corrected chi connectivity index (χ0v) is 14.7. The summed E-state index contributed by atoms with van der Waals surface area (Å²) in [5, 5.41) is 0. The molecule has 0 unspecified atom stereocenters. The maximum absolute atomic E-state index is 14.3.